The van der Waals surface area contributed by atoms with Gasteiger partial charge in [-0.15, -0.1) is 0 Å². The summed E-state index contributed by atoms with van der Waals surface area (Å²) < 4.78 is 16.9. The van der Waals surface area contributed by atoms with Crippen molar-refractivity contribution in [1.29, 1.82) is 0 Å². The van der Waals surface area contributed by atoms with Gasteiger partial charge in [-0.05, 0) is 67.3 Å². The molecule has 210 valence electrons. The molecule has 0 saturated heterocycles. The van der Waals surface area contributed by atoms with Crippen LogP contribution in [0.25, 0.3) is 11.1 Å². The van der Waals surface area contributed by atoms with Crippen molar-refractivity contribution >= 4 is 35.1 Å². The van der Waals surface area contributed by atoms with Gasteiger partial charge in [0.05, 0.1) is 24.2 Å². The lowest BCUT2D eigenvalue weighted by Crippen LogP contribution is -2.25. The molecular weight excluding hydrogens is 561 g/mol. The Morgan fingerprint density at radius 3 is 2.44 bits per heavy atom. The fourth-order valence-electron chi connectivity index (χ4n) is 4.73. The van der Waals surface area contributed by atoms with Crippen LogP contribution < -0.4 is 14.8 Å². The van der Waals surface area contributed by atoms with Crippen LogP contribution >= 0.6 is 23.2 Å². The molecule has 0 aliphatic carbocycles. The summed E-state index contributed by atoms with van der Waals surface area (Å²) in [6.07, 6.45) is 1.23. The molecule has 1 aliphatic rings. The Labute approximate surface area is 249 Å². The van der Waals surface area contributed by atoms with Gasteiger partial charge in [-0.3, -0.25) is 9.59 Å². The van der Waals surface area contributed by atoms with Crippen LogP contribution in [0.15, 0.2) is 84.9 Å². The van der Waals surface area contributed by atoms with Crippen molar-refractivity contribution in [1.82, 2.24) is 5.32 Å². The van der Waals surface area contributed by atoms with E-state index in [-0.39, 0.29) is 11.9 Å². The minimum atomic E-state index is -0.421. The van der Waals surface area contributed by atoms with Crippen molar-refractivity contribution in [3.63, 3.8) is 0 Å². The Hall–Kier alpha value is -4.00. The van der Waals surface area contributed by atoms with Gasteiger partial charge < -0.3 is 19.5 Å². The molecule has 5 rings (SSSR count). The van der Waals surface area contributed by atoms with Crippen LogP contribution in [0.2, 0.25) is 10.0 Å². The van der Waals surface area contributed by atoms with Gasteiger partial charge in [-0.1, -0.05) is 65.7 Å². The third kappa shape index (κ3) is 6.84. The molecule has 1 aliphatic heterocycles. The van der Waals surface area contributed by atoms with Gasteiger partial charge in [0.2, 0.25) is 0 Å². The first-order chi connectivity index (χ1) is 19.9. The summed E-state index contributed by atoms with van der Waals surface area (Å²) >= 11 is 12.8. The quantitative estimate of drug-likeness (QED) is 0.201. The lowest BCUT2D eigenvalue weighted by atomic mass is 9.93. The fraction of sp³-hybridized carbons (Fsp3) is 0.212. The van der Waals surface area contributed by atoms with Gasteiger partial charge in [-0.25, -0.2) is 0 Å². The third-order valence-corrected chi connectivity index (χ3v) is 7.48. The molecule has 0 aromatic heterocycles. The lowest BCUT2D eigenvalue weighted by Gasteiger charge is -2.25. The van der Waals surface area contributed by atoms with Crippen molar-refractivity contribution in [3.05, 3.63) is 112 Å². The maximum atomic E-state index is 12.7. The minimum absolute atomic E-state index is 0.172. The van der Waals surface area contributed by atoms with Crippen LogP contribution in [0.5, 0.6) is 17.2 Å². The van der Waals surface area contributed by atoms with E-state index in [1.165, 1.54) is 0 Å². The second-order valence-corrected chi connectivity index (χ2v) is 10.4. The number of nitrogens with one attached hydrogen (secondary N) is 1. The van der Waals surface area contributed by atoms with Crippen molar-refractivity contribution in [3.8, 4) is 28.4 Å². The first-order valence-electron chi connectivity index (χ1n) is 13.5. The number of halogens is 2. The maximum Gasteiger partial charge on any atom is 0.313 e. The number of hydrogen-bond acceptors (Lipinski definition) is 5. The van der Waals surface area contributed by atoms with Crippen LogP contribution in [0.4, 0.5) is 0 Å². The highest BCUT2D eigenvalue weighted by molar-refractivity contribution is 6.33. The van der Waals surface area contributed by atoms with Gasteiger partial charge in [0.1, 0.15) is 17.2 Å². The van der Waals surface area contributed by atoms with Gasteiger partial charge in [0, 0.05) is 34.3 Å². The Morgan fingerprint density at radius 1 is 0.951 bits per heavy atom. The highest BCUT2D eigenvalue weighted by Gasteiger charge is 2.30. The molecule has 0 saturated carbocycles. The number of amides is 1. The standard InChI is InChI=1S/C33H29Cl2NO5/c1-2-39-33(38)26-16-18-40-30-20-31(29(35)19-27(26)30)41-24-13-11-23(12-14-24)32(37)36-17-15-21-7-9-22(10-8-21)25-5-3-4-6-28(25)34/h3-14,19-20,26H,2,15-18H2,1H3,(H,36,37). The van der Waals surface area contributed by atoms with Gasteiger partial charge in [-0.2, -0.15) is 0 Å². The first kappa shape index (κ1) is 28.5. The predicted octanol–water partition coefficient (Wildman–Crippen LogP) is 7.85. The van der Waals surface area contributed by atoms with Crippen LogP contribution in [-0.4, -0.2) is 31.6 Å². The van der Waals surface area contributed by atoms with E-state index in [9.17, 15) is 9.59 Å². The van der Waals surface area contributed by atoms with E-state index >= 15 is 0 Å². The van der Waals surface area contributed by atoms with E-state index in [1.54, 1.807) is 43.3 Å². The maximum absolute atomic E-state index is 12.7. The molecule has 1 atom stereocenters. The molecule has 4 aromatic rings. The second kappa shape index (κ2) is 13.1. The minimum Gasteiger partial charge on any atom is -0.493 e. The summed E-state index contributed by atoms with van der Waals surface area (Å²) in [6.45, 7) is 2.99. The SMILES string of the molecule is CCOC(=O)C1CCOc2cc(Oc3ccc(C(=O)NCCc4ccc(-c5ccccc5Cl)cc4)cc3)c(Cl)cc21. The molecule has 41 heavy (non-hydrogen) atoms. The van der Waals surface area contributed by atoms with Crippen LogP contribution in [0.1, 0.15) is 40.7 Å². The Balaban J connectivity index is 1.16. The van der Waals surface area contributed by atoms with Gasteiger partial charge in [0.15, 0.2) is 0 Å². The van der Waals surface area contributed by atoms with Gasteiger partial charge >= 0.3 is 5.97 Å². The molecule has 0 fully saturated rings. The molecule has 6 nitrogen and oxygen atoms in total. The molecule has 1 amide bonds. The molecule has 0 radical (unpaired) electrons. The summed E-state index contributed by atoms with van der Waals surface area (Å²) in [6, 6.07) is 26.1. The zero-order chi connectivity index (χ0) is 28.8. The average Bonchev–Trinajstić information content (AvgIpc) is 2.98. The summed E-state index contributed by atoms with van der Waals surface area (Å²) in [5, 5.41) is 4.03. The number of hydrogen-bond donors (Lipinski definition) is 1. The van der Waals surface area contributed by atoms with E-state index in [1.807, 2.05) is 48.5 Å². The van der Waals surface area contributed by atoms with E-state index in [0.717, 1.165) is 16.7 Å². The molecule has 1 N–H and O–H groups in total. The van der Waals surface area contributed by atoms with Crippen molar-refractivity contribution in [2.45, 2.75) is 25.7 Å². The van der Waals surface area contributed by atoms with E-state index in [2.05, 4.69) is 5.32 Å². The Bertz CT molecular complexity index is 1540. The number of esters is 1. The van der Waals surface area contributed by atoms with Crippen LogP contribution in [0, 0.1) is 0 Å². The zero-order valence-electron chi connectivity index (χ0n) is 22.5. The number of carbonyl (C=O) groups excluding carboxylic acids is 2. The topological polar surface area (TPSA) is 73.9 Å². The highest BCUT2D eigenvalue weighted by Crippen LogP contribution is 2.42. The molecule has 1 unspecified atom stereocenters. The normalized spacial score (nSPS) is 14.0. The number of benzene rings is 4. The molecule has 4 aromatic carbocycles. The largest absolute Gasteiger partial charge is 0.493 e. The van der Waals surface area contributed by atoms with Crippen LogP contribution in [-0.2, 0) is 16.0 Å². The summed E-state index contributed by atoms with van der Waals surface area (Å²) in [4.78, 5) is 25.0. The Morgan fingerprint density at radius 2 is 1.71 bits per heavy atom. The molecule has 8 heteroatoms. The van der Waals surface area contributed by atoms with E-state index in [4.69, 9.17) is 37.4 Å². The molecule has 0 bridgehead atoms. The summed E-state index contributed by atoms with van der Waals surface area (Å²) in [5.41, 5.74) is 4.37. The van der Waals surface area contributed by atoms with Crippen molar-refractivity contribution in [2.75, 3.05) is 19.8 Å². The van der Waals surface area contributed by atoms with E-state index < -0.39 is 5.92 Å². The molecular formula is C33H29Cl2NO5. The van der Waals surface area contributed by atoms with Gasteiger partial charge in [0.25, 0.3) is 5.91 Å². The number of fused-ring (bicyclic) bond motifs is 1. The molecule has 1 heterocycles. The zero-order valence-corrected chi connectivity index (χ0v) is 24.0. The number of rotatable bonds is 9. The fourth-order valence-corrected chi connectivity index (χ4v) is 5.18. The number of carbonyl (C=O) groups is 2. The predicted molar refractivity (Wildman–Crippen MR) is 160 cm³/mol. The highest BCUT2D eigenvalue weighted by atomic mass is 35.5. The lowest BCUT2D eigenvalue weighted by molar-refractivity contribution is -0.145. The number of ether oxygens (including phenoxy) is 3. The third-order valence-electron chi connectivity index (χ3n) is 6.86. The first-order valence-corrected chi connectivity index (χ1v) is 14.2. The smallest absolute Gasteiger partial charge is 0.313 e. The van der Waals surface area contributed by atoms with Crippen molar-refractivity contribution in [2.24, 2.45) is 0 Å². The summed E-state index contributed by atoms with van der Waals surface area (Å²) in [5.74, 6) is 0.572. The van der Waals surface area contributed by atoms with Crippen molar-refractivity contribution < 1.29 is 23.8 Å². The van der Waals surface area contributed by atoms with E-state index in [0.29, 0.717) is 71.0 Å². The monoisotopic (exact) mass is 589 g/mol. The second-order valence-electron chi connectivity index (χ2n) is 9.57. The Kier molecular flexibility index (Phi) is 9.12. The van der Waals surface area contributed by atoms with Crippen LogP contribution in [0.3, 0.4) is 0 Å². The average molecular weight is 591 g/mol. The molecule has 0 spiro atoms. The summed E-state index contributed by atoms with van der Waals surface area (Å²) in [7, 11) is 0.